The summed E-state index contributed by atoms with van der Waals surface area (Å²) in [5.74, 6) is -0.306. The number of alkyl halides is 3. The minimum atomic E-state index is -4.53. The standard InChI is InChI=1S/C17H12F4N2O/c1-2-15-22-14-7-6-11(18)9-13(14)16(24)23(15)12-5-3-4-10(8-12)17(19,20)21/h3-9H,2H2,1H3. The van der Waals surface area contributed by atoms with Crippen LogP contribution in [0.4, 0.5) is 17.6 Å². The minimum Gasteiger partial charge on any atom is -0.268 e. The van der Waals surface area contributed by atoms with Crippen LogP contribution in [-0.2, 0) is 12.6 Å². The Morgan fingerprint density at radius 1 is 1.12 bits per heavy atom. The van der Waals surface area contributed by atoms with Gasteiger partial charge in [0.2, 0.25) is 0 Å². The fourth-order valence-corrected chi connectivity index (χ4v) is 2.53. The van der Waals surface area contributed by atoms with Crippen molar-refractivity contribution in [1.82, 2.24) is 9.55 Å². The van der Waals surface area contributed by atoms with Crippen LogP contribution in [0, 0.1) is 5.82 Å². The maximum absolute atomic E-state index is 13.4. The highest BCUT2D eigenvalue weighted by Gasteiger charge is 2.30. The molecular weight excluding hydrogens is 324 g/mol. The van der Waals surface area contributed by atoms with Gasteiger partial charge in [-0.3, -0.25) is 9.36 Å². The number of halogens is 4. The van der Waals surface area contributed by atoms with Gasteiger partial charge in [-0.05, 0) is 36.4 Å². The summed E-state index contributed by atoms with van der Waals surface area (Å²) in [5.41, 5.74) is -1.12. The van der Waals surface area contributed by atoms with Crippen LogP contribution in [0.25, 0.3) is 16.6 Å². The van der Waals surface area contributed by atoms with E-state index >= 15 is 0 Å². The molecule has 124 valence electrons. The van der Waals surface area contributed by atoms with Crippen molar-refractivity contribution in [2.75, 3.05) is 0 Å². The fourth-order valence-electron chi connectivity index (χ4n) is 2.53. The summed E-state index contributed by atoms with van der Waals surface area (Å²) in [6, 6.07) is 8.02. The van der Waals surface area contributed by atoms with E-state index in [-0.39, 0.29) is 11.1 Å². The third-order valence-corrected chi connectivity index (χ3v) is 3.65. The minimum absolute atomic E-state index is 0.0182. The molecule has 0 N–H and O–H groups in total. The third-order valence-electron chi connectivity index (χ3n) is 3.65. The Morgan fingerprint density at radius 3 is 2.54 bits per heavy atom. The SMILES string of the molecule is CCc1nc2ccc(F)cc2c(=O)n1-c1cccc(C(F)(F)F)c1. The molecule has 0 atom stereocenters. The van der Waals surface area contributed by atoms with Gasteiger partial charge in [0.05, 0.1) is 22.2 Å². The van der Waals surface area contributed by atoms with Crippen molar-refractivity contribution >= 4 is 10.9 Å². The molecule has 7 heteroatoms. The number of rotatable bonds is 2. The highest BCUT2D eigenvalue weighted by molar-refractivity contribution is 5.78. The monoisotopic (exact) mass is 336 g/mol. The van der Waals surface area contributed by atoms with Crippen molar-refractivity contribution in [3.05, 3.63) is 70.0 Å². The molecule has 0 spiro atoms. The van der Waals surface area contributed by atoms with Crippen molar-refractivity contribution in [3.8, 4) is 5.69 Å². The second-order valence-corrected chi connectivity index (χ2v) is 5.23. The van der Waals surface area contributed by atoms with Crippen LogP contribution in [0.1, 0.15) is 18.3 Å². The van der Waals surface area contributed by atoms with E-state index in [2.05, 4.69) is 4.98 Å². The molecule has 0 fully saturated rings. The van der Waals surface area contributed by atoms with Crippen molar-refractivity contribution < 1.29 is 17.6 Å². The molecular formula is C17H12F4N2O. The van der Waals surface area contributed by atoms with Crippen LogP contribution < -0.4 is 5.56 Å². The first-order valence-corrected chi connectivity index (χ1v) is 7.20. The van der Waals surface area contributed by atoms with E-state index in [0.29, 0.717) is 17.8 Å². The summed E-state index contributed by atoms with van der Waals surface area (Å²) in [6.07, 6.45) is -4.19. The first kappa shape index (κ1) is 16.2. The number of aromatic nitrogens is 2. The molecule has 0 aliphatic rings. The smallest absolute Gasteiger partial charge is 0.268 e. The summed E-state index contributed by atoms with van der Waals surface area (Å²) in [6.45, 7) is 1.74. The molecule has 0 unspecified atom stereocenters. The van der Waals surface area contributed by atoms with Gasteiger partial charge in [0, 0.05) is 6.42 Å². The predicted octanol–water partition coefficient (Wildman–Crippen LogP) is 4.11. The van der Waals surface area contributed by atoms with E-state index in [9.17, 15) is 22.4 Å². The molecule has 0 saturated heterocycles. The van der Waals surface area contributed by atoms with E-state index < -0.39 is 23.1 Å². The van der Waals surface area contributed by atoms with Gasteiger partial charge in [0.25, 0.3) is 5.56 Å². The fraction of sp³-hybridized carbons (Fsp3) is 0.176. The van der Waals surface area contributed by atoms with Gasteiger partial charge in [-0.2, -0.15) is 13.2 Å². The average Bonchev–Trinajstić information content (AvgIpc) is 2.54. The highest BCUT2D eigenvalue weighted by atomic mass is 19.4. The molecule has 0 radical (unpaired) electrons. The number of hydrogen-bond acceptors (Lipinski definition) is 2. The van der Waals surface area contributed by atoms with Crippen LogP contribution in [0.5, 0.6) is 0 Å². The summed E-state index contributed by atoms with van der Waals surface area (Å²) < 4.78 is 53.3. The summed E-state index contributed by atoms with van der Waals surface area (Å²) in [4.78, 5) is 17.0. The first-order valence-electron chi connectivity index (χ1n) is 7.20. The molecule has 0 amide bonds. The van der Waals surface area contributed by atoms with E-state index in [1.54, 1.807) is 6.92 Å². The maximum atomic E-state index is 13.4. The lowest BCUT2D eigenvalue weighted by atomic mass is 10.1. The zero-order valence-electron chi connectivity index (χ0n) is 12.6. The van der Waals surface area contributed by atoms with Crippen molar-refractivity contribution in [2.45, 2.75) is 19.5 Å². The molecule has 1 heterocycles. The average molecular weight is 336 g/mol. The highest BCUT2D eigenvalue weighted by Crippen LogP contribution is 2.30. The van der Waals surface area contributed by atoms with Crippen LogP contribution >= 0.6 is 0 Å². The lowest BCUT2D eigenvalue weighted by Crippen LogP contribution is -2.24. The van der Waals surface area contributed by atoms with Gasteiger partial charge in [0.1, 0.15) is 11.6 Å². The van der Waals surface area contributed by atoms with E-state index in [1.165, 1.54) is 24.3 Å². The molecule has 3 nitrogen and oxygen atoms in total. The molecule has 0 aliphatic carbocycles. The van der Waals surface area contributed by atoms with Crippen LogP contribution in [-0.4, -0.2) is 9.55 Å². The van der Waals surface area contributed by atoms with Gasteiger partial charge in [0.15, 0.2) is 0 Å². The van der Waals surface area contributed by atoms with Crippen LogP contribution in [0.3, 0.4) is 0 Å². The Labute approximate surface area is 134 Å². The Balaban J connectivity index is 2.33. The number of aryl methyl sites for hydroxylation is 1. The Bertz CT molecular complexity index is 976. The molecule has 3 aromatic rings. The lowest BCUT2D eigenvalue weighted by Gasteiger charge is -2.14. The van der Waals surface area contributed by atoms with Crippen molar-refractivity contribution in [1.29, 1.82) is 0 Å². The lowest BCUT2D eigenvalue weighted by molar-refractivity contribution is -0.137. The Kier molecular flexibility index (Phi) is 3.87. The molecule has 0 aliphatic heterocycles. The van der Waals surface area contributed by atoms with Crippen molar-refractivity contribution in [3.63, 3.8) is 0 Å². The van der Waals surface area contributed by atoms with Gasteiger partial charge in [-0.15, -0.1) is 0 Å². The Morgan fingerprint density at radius 2 is 1.88 bits per heavy atom. The van der Waals surface area contributed by atoms with E-state index in [0.717, 1.165) is 22.8 Å². The number of fused-ring (bicyclic) bond motifs is 1. The zero-order chi connectivity index (χ0) is 17.5. The number of benzene rings is 2. The van der Waals surface area contributed by atoms with Gasteiger partial charge >= 0.3 is 6.18 Å². The second-order valence-electron chi connectivity index (χ2n) is 5.23. The maximum Gasteiger partial charge on any atom is 0.416 e. The summed E-state index contributed by atoms with van der Waals surface area (Å²) >= 11 is 0. The van der Waals surface area contributed by atoms with Crippen molar-refractivity contribution in [2.24, 2.45) is 0 Å². The number of hydrogen-bond donors (Lipinski definition) is 0. The van der Waals surface area contributed by atoms with Gasteiger partial charge in [-0.25, -0.2) is 9.37 Å². The van der Waals surface area contributed by atoms with E-state index in [4.69, 9.17) is 0 Å². The largest absolute Gasteiger partial charge is 0.416 e. The molecule has 3 rings (SSSR count). The molecule has 0 bridgehead atoms. The summed E-state index contributed by atoms with van der Waals surface area (Å²) in [5, 5.41) is 0.0182. The number of nitrogens with zero attached hydrogens (tertiary/aromatic N) is 2. The Hall–Kier alpha value is -2.70. The topological polar surface area (TPSA) is 34.9 Å². The van der Waals surface area contributed by atoms with E-state index in [1.807, 2.05) is 0 Å². The van der Waals surface area contributed by atoms with Crippen LogP contribution in [0.2, 0.25) is 0 Å². The normalized spacial score (nSPS) is 11.9. The first-order chi connectivity index (χ1) is 11.3. The predicted molar refractivity (Wildman–Crippen MR) is 81.7 cm³/mol. The molecule has 24 heavy (non-hydrogen) atoms. The molecule has 0 saturated carbocycles. The summed E-state index contributed by atoms with van der Waals surface area (Å²) in [7, 11) is 0. The quantitative estimate of drug-likeness (QED) is 0.660. The zero-order valence-corrected chi connectivity index (χ0v) is 12.6. The molecule has 2 aromatic carbocycles. The van der Waals surface area contributed by atoms with Gasteiger partial charge in [-0.1, -0.05) is 13.0 Å². The van der Waals surface area contributed by atoms with Crippen LogP contribution in [0.15, 0.2) is 47.3 Å². The van der Waals surface area contributed by atoms with Gasteiger partial charge < -0.3 is 0 Å². The molecule has 1 aromatic heterocycles. The third kappa shape index (κ3) is 2.77. The second kappa shape index (κ2) is 5.74.